The summed E-state index contributed by atoms with van der Waals surface area (Å²) in [5, 5.41) is 0. The van der Waals surface area contributed by atoms with E-state index in [0.29, 0.717) is 0 Å². The molecule has 1 aliphatic rings. The van der Waals surface area contributed by atoms with E-state index >= 15 is 0 Å². The van der Waals surface area contributed by atoms with Crippen molar-refractivity contribution in [3.05, 3.63) is 24.5 Å². The summed E-state index contributed by atoms with van der Waals surface area (Å²) < 4.78 is 0. The maximum absolute atomic E-state index is 3.99. The molecule has 0 amide bonds. The largest absolute Gasteiger partial charge is 0.370 e. The monoisotopic (exact) mass is 161 g/mol. The lowest BCUT2D eigenvalue weighted by molar-refractivity contribution is 0.577. The second-order valence-corrected chi connectivity index (χ2v) is 3.19. The van der Waals surface area contributed by atoms with Crippen LogP contribution in [0.2, 0.25) is 0 Å². The molecule has 1 saturated heterocycles. The first-order valence-corrected chi connectivity index (χ1v) is 4.54. The van der Waals surface area contributed by atoms with Crippen LogP contribution in [0.15, 0.2) is 18.3 Å². The number of nitrogens with zero attached hydrogens (tertiary/aromatic N) is 2. The van der Waals surface area contributed by atoms with Gasteiger partial charge < -0.3 is 4.90 Å². The molecule has 12 heavy (non-hydrogen) atoms. The van der Waals surface area contributed by atoms with Crippen LogP contribution < -0.4 is 4.90 Å². The number of aromatic nitrogens is 1. The molecule has 0 saturated carbocycles. The molecule has 2 nitrogen and oxygen atoms in total. The summed E-state index contributed by atoms with van der Waals surface area (Å²) in [5.41, 5.74) is 1.24. The Morgan fingerprint density at radius 2 is 2.08 bits per heavy atom. The van der Waals surface area contributed by atoms with E-state index in [1.54, 1.807) is 0 Å². The van der Waals surface area contributed by atoms with Gasteiger partial charge in [-0.15, -0.1) is 0 Å². The molecule has 0 aromatic carbocycles. The van der Waals surface area contributed by atoms with Gasteiger partial charge in [0.2, 0.25) is 0 Å². The zero-order valence-electron chi connectivity index (χ0n) is 7.16. The molecule has 1 aliphatic heterocycles. The third kappa shape index (κ3) is 1.58. The van der Waals surface area contributed by atoms with Crippen LogP contribution in [-0.2, 0) is 0 Å². The van der Waals surface area contributed by atoms with E-state index < -0.39 is 0 Å². The lowest BCUT2D eigenvalue weighted by atomic mass is 10.1. The molecule has 2 rings (SSSR count). The Bertz CT molecular complexity index is 227. The summed E-state index contributed by atoms with van der Waals surface area (Å²) in [4.78, 5) is 6.39. The maximum Gasteiger partial charge on any atom is 0.0887 e. The Balaban J connectivity index is 2.08. The Hall–Kier alpha value is -1.05. The van der Waals surface area contributed by atoms with Crippen molar-refractivity contribution in [2.45, 2.75) is 19.3 Å². The molecule has 1 aromatic rings. The third-order valence-corrected chi connectivity index (χ3v) is 2.32. The van der Waals surface area contributed by atoms with Gasteiger partial charge in [-0.25, -0.2) is 0 Å². The van der Waals surface area contributed by atoms with E-state index in [-0.39, 0.29) is 0 Å². The Kier molecular flexibility index (Phi) is 2.26. The highest BCUT2D eigenvalue weighted by Crippen LogP contribution is 2.17. The van der Waals surface area contributed by atoms with Gasteiger partial charge in [0.05, 0.1) is 18.1 Å². The fourth-order valence-electron chi connectivity index (χ4n) is 1.65. The van der Waals surface area contributed by atoms with Crippen LogP contribution in [0.1, 0.15) is 19.3 Å². The zero-order valence-corrected chi connectivity index (χ0v) is 7.16. The second kappa shape index (κ2) is 3.57. The van der Waals surface area contributed by atoms with Crippen LogP contribution in [0, 0.1) is 6.20 Å². The number of hydrogen-bond donors (Lipinski definition) is 0. The van der Waals surface area contributed by atoms with Crippen molar-refractivity contribution in [1.82, 2.24) is 4.98 Å². The standard InChI is InChI=1S/C10H13N2/c1-2-7-12(8-3-1)10-5-4-6-11-9-10/h4-5,9H,1-3,7-8H2. The molecule has 2 heteroatoms. The quantitative estimate of drug-likeness (QED) is 0.625. The number of hydrogen-bond acceptors (Lipinski definition) is 2. The first-order valence-electron chi connectivity index (χ1n) is 4.54. The molecule has 1 fully saturated rings. The molecule has 1 radical (unpaired) electrons. The molecule has 0 spiro atoms. The van der Waals surface area contributed by atoms with Crippen molar-refractivity contribution in [3.63, 3.8) is 0 Å². The van der Waals surface area contributed by atoms with Gasteiger partial charge in [0.1, 0.15) is 0 Å². The van der Waals surface area contributed by atoms with Gasteiger partial charge in [-0.3, -0.25) is 4.98 Å². The van der Waals surface area contributed by atoms with Crippen molar-refractivity contribution in [1.29, 1.82) is 0 Å². The molecule has 0 bridgehead atoms. The van der Waals surface area contributed by atoms with Crippen LogP contribution in [0.5, 0.6) is 0 Å². The number of rotatable bonds is 1. The Morgan fingerprint density at radius 3 is 2.75 bits per heavy atom. The van der Waals surface area contributed by atoms with Gasteiger partial charge in [-0.2, -0.15) is 0 Å². The van der Waals surface area contributed by atoms with Crippen LogP contribution in [0.3, 0.4) is 0 Å². The van der Waals surface area contributed by atoms with Crippen LogP contribution in [0.25, 0.3) is 0 Å². The van der Waals surface area contributed by atoms with E-state index in [0.717, 1.165) is 0 Å². The number of anilines is 1. The smallest absolute Gasteiger partial charge is 0.0887 e. The maximum atomic E-state index is 3.99. The van der Waals surface area contributed by atoms with E-state index in [9.17, 15) is 0 Å². The summed E-state index contributed by atoms with van der Waals surface area (Å²) in [6.07, 6.45) is 8.70. The summed E-state index contributed by atoms with van der Waals surface area (Å²) in [6.45, 7) is 2.37. The summed E-state index contributed by atoms with van der Waals surface area (Å²) in [6, 6.07) is 3.96. The van der Waals surface area contributed by atoms with Crippen molar-refractivity contribution in [2.24, 2.45) is 0 Å². The first kappa shape index (κ1) is 7.59. The minimum Gasteiger partial charge on any atom is -0.370 e. The minimum absolute atomic E-state index is 1.19. The fourth-order valence-corrected chi connectivity index (χ4v) is 1.65. The Labute approximate surface area is 73.2 Å². The highest BCUT2D eigenvalue weighted by molar-refractivity contribution is 5.43. The van der Waals surface area contributed by atoms with Gasteiger partial charge in [0, 0.05) is 13.1 Å². The van der Waals surface area contributed by atoms with Crippen molar-refractivity contribution < 1.29 is 0 Å². The van der Waals surface area contributed by atoms with E-state index in [2.05, 4.69) is 22.1 Å². The molecule has 63 valence electrons. The number of piperidine rings is 1. The first-order chi connectivity index (χ1) is 5.97. The molecule has 0 N–H and O–H groups in total. The summed E-state index contributed by atoms with van der Waals surface area (Å²) in [5.74, 6) is 0. The minimum atomic E-state index is 1.19. The second-order valence-electron chi connectivity index (χ2n) is 3.19. The fraction of sp³-hybridized carbons (Fsp3) is 0.500. The molecule has 0 unspecified atom stereocenters. The van der Waals surface area contributed by atoms with E-state index in [4.69, 9.17) is 0 Å². The van der Waals surface area contributed by atoms with Crippen molar-refractivity contribution in [3.8, 4) is 0 Å². The summed E-state index contributed by atoms with van der Waals surface area (Å²) in [7, 11) is 0. The molecule has 0 atom stereocenters. The molecule has 0 aliphatic carbocycles. The lowest BCUT2D eigenvalue weighted by Gasteiger charge is -2.28. The third-order valence-electron chi connectivity index (χ3n) is 2.32. The average Bonchev–Trinajstić information content (AvgIpc) is 2.21. The van der Waals surface area contributed by atoms with Crippen LogP contribution in [-0.4, -0.2) is 18.1 Å². The topological polar surface area (TPSA) is 16.1 Å². The van der Waals surface area contributed by atoms with Crippen molar-refractivity contribution in [2.75, 3.05) is 18.0 Å². The molecule has 2 heterocycles. The van der Waals surface area contributed by atoms with Crippen LogP contribution in [0.4, 0.5) is 5.69 Å². The summed E-state index contributed by atoms with van der Waals surface area (Å²) >= 11 is 0. The Morgan fingerprint density at radius 1 is 1.25 bits per heavy atom. The number of pyridine rings is 1. The van der Waals surface area contributed by atoms with E-state index in [1.807, 2.05) is 12.3 Å². The predicted molar refractivity (Wildman–Crippen MR) is 49.1 cm³/mol. The van der Waals surface area contributed by atoms with Gasteiger partial charge in [0.15, 0.2) is 0 Å². The normalized spacial score (nSPS) is 17.8. The van der Waals surface area contributed by atoms with Crippen molar-refractivity contribution >= 4 is 5.69 Å². The molecular weight excluding hydrogens is 148 g/mol. The zero-order chi connectivity index (χ0) is 8.23. The molecule has 1 aromatic heterocycles. The SMILES string of the molecule is [c]1ccc(N2CCCCC2)cn1. The van der Waals surface area contributed by atoms with Gasteiger partial charge in [0.25, 0.3) is 0 Å². The van der Waals surface area contributed by atoms with Crippen LogP contribution >= 0.6 is 0 Å². The lowest BCUT2D eigenvalue weighted by Crippen LogP contribution is -2.29. The van der Waals surface area contributed by atoms with Gasteiger partial charge in [-0.05, 0) is 31.4 Å². The van der Waals surface area contributed by atoms with Gasteiger partial charge >= 0.3 is 0 Å². The van der Waals surface area contributed by atoms with Gasteiger partial charge in [-0.1, -0.05) is 0 Å². The average molecular weight is 161 g/mol. The highest BCUT2D eigenvalue weighted by Gasteiger charge is 2.09. The predicted octanol–water partition coefficient (Wildman–Crippen LogP) is 1.87. The van der Waals surface area contributed by atoms with E-state index in [1.165, 1.54) is 38.0 Å². The highest BCUT2D eigenvalue weighted by atomic mass is 15.1. The molecular formula is C10H13N2.